The number of amides is 1. The number of carbonyl (C=O) groups excluding carboxylic acids is 1. The summed E-state index contributed by atoms with van der Waals surface area (Å²) in [5.41, 5.74) is 2.15. The van der Waals surface area contributed by atoms with Gasteiger partial charge in [0.2, 0.25) is 0 Å². The van der Waals surface area contributed by atoms with Crippen LogP contribution in [0.25, 0.3) is 0 Å². The second-order valence-corrected chi connectivity index (χ2v) is 5.26. The largest absolute Gasteiger partial charge is 0.384 e. The van der Waals surface area contributed by atoms with Crippen LogP contribution >= 0.6 is 0 Å². The van der Waals surface area contributed by atoms with Crippen LogP contribution in [0, 0.1) is 0 Å². The van der Waals surface area contributed by atoms with Crippen LogP contribution in [0.5, 0.6) is 0 Å². The van der Waals surface area contributed by atoms with Crippen LogP contribution in [-0.2, 0) is 11.9 Å². The highest BCUT2D eigenvalue weighted by atomic mass is 16.6. The second-order valence-electron chi connectivity index (χ2n) is 5.26. The molecule has 114 valence electrons. The summed E-state index contributed by atoms with van der Waals surface area (Å²) >= 11 is 0. The maximum atomic E-state index is 12.6. The van der Waals surface area contributed by atoms with E-state index >= 15 is 0 Å². The molecule has 1 atom stereocenters. The fourth-order valence-electron chi connectivity index (χ4n) is 2.40. The number of rotatable bonds is 3. The van der Waals surface area contributed by atoms with E-state index in [1.54, 1.807) is 41.2 Å². The normalized spacial score (nSPS) is 17.0. The van der Waals surface area contributed by atoms with Gasteiger partial charge in [0.15, 0.2) is 11.9 Å². The van der Waals surface area contributed by atoms with Gasteiger partial charge in [-0.25, -0.2) is 4.98 Å². The van der Waals surface area contributed by atoms with Crippen molar-refractivity contribution < 1.29 is 9.63 Å². The Kier molecular flexibility index (Phi) is 3.62. The third kappa shape index (κ3) is 2.45. The number of hydrogen-bond acceptors (Lipinski definition) is 5. The van der Waals surface area contributed by atoms with Crippen LogP contribution in [0.4, 0.5) is 5.69 Å². The van der Waals surface area contributed by atoms with E-state index in [1.807, 2.05) is 20.0 Å². The van der Waals surface area contributed by atoms with Gasteiger partial charge in [-0.3, -0.25) is 9.78 Å². The van der Waals surface area contributed by atoms with E-state index in [-0.39, 0.29) is 12.0 Å². The van der Waals surface area contributed by atoms with E-state index in [2.05, 4.69) is 15.1 Å². The highest BCUT2D eigenvalue weighted by Crippen LogP contribution is 2.26. The van der Waals surface area contributed by atoms with Crippen LogP contribution < -0.4 is 4.90 Å². The Morgan fingerprint density at radius 3 is 2.91 bits per heavy atom. The van der Waals surface area contributed by atoms with Gasteiger partial charge in [-0.1, -0.05) is 5.16 Å². The lowest BCUT2D eigenvalue weighted by Gasteiger charge is -2.17. The molecule has 0 spiro atoms. The number of pyridine rings is 1. The molecule has 1 aliphatic heterocycles. The van der Waals surface area contributed by atoms with Crippen molar-refractivity contribution in [1.29, 1.82) is 0 Å². The van der Waals surface area contributed by atoms with Crippen molar-refractivity contribution in [2.45, 2.75) is 19.4 Å². The fraction of sp³-hybridized carbons (Fsp3) is 0.333. The summed E-state index contributed by atoms with van der Waals surface area (Å²) < 4.78 is 1.76. The van der Waals surface area contributed by atoms with Gasteiger partial charge < -0.3 is 14.3 Å². The maximum Gasteiger partial charge on any atom is 0.276 e. The fourth-order valence-corrected chi connectivity index (χ4v) is 2.40. The summed E-state index contributed by atoms with van der Waals surface area (Å²) in [6.45, 7) is 1.91. The first-order chi connectivity index (χ1) is 10.6. The van der Waals surface area contributed by atoms with Crippen molar-refractivity contribution in [3.05, 3.63) is 42.2 Å². The quantitative estimate of drug-likeness (QED) is 0.868. The molecule has 22 heavy (non-hydrogen) atoms. The van der Waals surface area contributed by atoms with E-state index in [4.69, 9.17) is 4.84 Å². The van der Waals surface area contributed by atoms with E-state index in [0.29, 0.717) is 17.9 Å². The van der Waals surface area contributed by atoms with Crippen LogP contribution in [0.2, 0.25) is 0 Å². The number of nitrogens with zero attached hydrogens (tertiary/aromatic N) is 5. The lowest BCUT2D eigenvalue weighted by atomic mass is 10.2. The molecule has 0 aromatic carbocycles. The predicted molar refractivity (Wildman–Crippen MR) is 81.7 cm³/mol. The van der Waals surface area contributed by atoms with Crippen LogP contribution in [0.1, 0.15) is 35.8 Å². The molecule has 0 saturated carbocycles. The summed E-state index contributed by atoms with van der Waals surface area (Å²) in [7, 11) is 3.52. The first-order valence-corrected chi connectivity index (χ1v) is 6.97. The molecule has 0 bridgehead atoms. The van der Waals surface area contributed by atoms with Crippen molar-refractivity contribution in [3.8, 4) is 0 Å². The van der Waals surface area contributed by atoms with Gasteiger partial charge in [-0.15, -0.1) is 0 Å². The zero-order chi connectivity index (χ0) is 15.7. The van der Waals surface area contributed by atoms with Crippen molar-refractivity contribution in [2.75, 3.05) is 11.9 Å². The number of imidazole rings is 1. The molecule has 0 radical (unpaired) electrons. The Labute approximate surface area is 128 Å². The van der Waals surface area contributed by atoms with Crippen LogP contribution in [0.15, 0.2) is 35.9 Å². The third-order valence-electron chi connectivity index (χ3n) is 3.69. The van der Waals surface area contributed by atoms with Gasteiger partial charge in [0, 0.05) is 26.7 Å². The van der Waals surface area contributed by atoms with Gasteiger partial charge in [-0.2, -0.15) is 0 Å². The number of hydrogen-bond donors (Lipinski definition) is 0. The van der Waals surface area contributed by atoms with Crippen molar-refractivity contribution in [2.24, 2.45) is 12.2 Å². The molecular formula is C15H17N5O2. The molecular weight excluding hydrogens is 282 g/mol. The summed E-state index contributed by atoms with van der Waals surface area (Å²) in [5, 5.41) is 3.93. The van der Waals surface area contributed by atoms with E-state index < -0.39 is 0 Å². The molecule has 2 aromatic heterocycles. The van der Waals surface area contributed by atoms with Gasteiger partial charge in [0.05, 0.1) is 23.8 Å². The lowest BCUT2D eigenvalue weighted by Crippen LogP contribution is -2.28. The summed E-state index contributed by atoms with van der Waals surface area (Å²) in [6, 6.07) is 3.62. The number of aromatic nitrogens is 3. The maximum absolute atomic E-state index is 12.6. The van der Waals surface area contributed by atoms with Crippen molar-refractivity contribution >= 4 is 17.3 Å². The first-order valence-electron chi connectivity index (χ1n) is 6.97. The van der Waals surface area contributed by atoms with E-state index in [9.17, 15) is 4.79 Å². The van der Waals surface area contributed by atoms with Crippen LogP contribution in [0.3, 0.4) is 0 Å². The zero-order valence-electron chi connectivity index (χ0n) is 12.7. The van der Waals surface area contributed by atoms with Gasteiger partial charge >= 0.3 is 0 Å². The number of oxime groups is 1. The molecule has 0 saturated heterocycles. The number of anilines is 1. The molecule has 0 N–H and O–H groups in total. The topological polar surface area (TPSA) is 72.6 Å². The minimum atomic E-state index is -0.227. The summed E-state index contributed by atoms with van der Waals surface area (Å²) in [5.74, 6) is 0.549. The number of carbonyl (C=O) groups is 1. The minimum Gasteiger partial charge on any atom is -0.384 e. The average Bonchev–Trinajstić information content (AvgIpc) is 3.12. The molecule has 3 heterocycles. The van der Waals surface area contributed by atoms with Crippen molar-refractivity contribution in [1.82, 2.24) is 14.5 Å². The molecule has 2 aromatic rings. The molecule has 1 amide bonds. The molecule has 0 aliphatic carbocycles. The smallest absolute Gasteiger partial charge is 0.276 e. The molecule has 7 heteroatoms. The minimum absolute atomic E-state index is 0.148. The van der Waals surface area contributed by atoms with E-state index in [1.165, 1.54) is 0 Å². The highest BCUT2D eigenvalue weighted by Gasteiger charge is 2.27. The summed E-state index contributed by atoms with van der Waals surface area (Å²) in [4.78, 5) is 27.9. The molecule has 0 fully saturated rings. The summed E-state index contributed by atoms with van der Waals surface area (Å²) in [6.07, 6.45) is 5.35. The van der Waals surface area contributed by atoms with Gasteiger partial charge in [0.1, 0.15) is 5.69 Å². The average molecular weight is 299 g/mol. The van der Waals surface area contributed by atoms with Crippen LogP contribution in [-0.4, -0.2) is 33.2 Å². The van der Waals surface area contributed by atoms with Gasteiger partial charge in [-0.05, 0) is 19.1 Å². The lowest BCUT2D eigenvalue weighted by molar-refractivity contribution is 0.0767. The Hall–Kier alpha value is -2.70. The Bertz CT molecular complexity index is 723. The SMILES string of the molecule is CC1=NOC(c2ncc(C(=O)N(C)c3cccnc3)n2C)C1. The first kappa shape index (κ1) is 14.2. The standard InChI is InChI=1S/C15H17N5O2/c1-10-7-13(22-18-10)14-17-9-12(20(14)3)15(21)19(2)11-5-4-6-16-8-11/h4-6,8-9,13H,7H2,1-3H3. The molecule has 1 aliphatic rings. The Balaban J connectivity index is 1.84. The third-order valence-corrected chi connectivity index (χ3v) is 3.69. The molecule has 1 unspecified atom stereocenters. The Morgan fingerprint density at radius 2 is 2.27 bits per heavy atom. The Morgan fingerprint density at radius 1 is 1.45 bits per heavy atom. The molecule has 7 nitrogen and oxygen atoms in total. The van der Waals surface area contributed by atoms with Crippen molar-refractivity contribution in [3.63, 3.8) is 0 Å². The highest BCUT2D eigenvalue weighted by molar-refractivity contribution is 6.04. The van der Waals surface area contributed by atoms with Gasteiger partial charge in [0.25, 0.3) is 5.91 Å². The van der Waals surface area contributed by atoms with E-state index in [0.717, 1.165) is 11.4 Å². The zero-order valence-corrected chi connectivity index (χ0v) is 12.7. The predicted octanol–water partition coefficient (Wildman–Crippen LogP) is 1.93. The monoisotopic (exact) mass is 299 g/mol. The second kappa shape index (κ2) is 5.59. The molecule has 3 rings (SSSR count).